The lowest BCUT2D eigenvalue weighted by Crippen LogP contribution is -2.46. The standard InChI is InChI=1S/C17H16FN5S/c1-10-6-15(16-17(19-10)21-24-20-16)23-9-13-7-14(23)8-22(13)12-4-2-11(18)3-5-12/h2-6,13-14H,7-9H2,1H3/t13-,14+/m0/s1. The molecule has 4 heterocycles. The second kappa shape index (κ2) is 5.11. The molecule has 0 radical (unpaired) electrons. The minimum absolute atomic E-state index is 0.185. The molecule has 5 rings (SSSR count). The molecule has 2 aliphatic rings. The summed E-state index contributed by atoms with van der Waals surface area (Å²) in [7, 11) is 0. The van der Waals surface area contributed by atoms with E-state index >= 15 is 0 Å². The van der Waals surface area contributed by atoms with Crippen molar-refractivity contribution in [3.8, 4) is 0 Å². The zero-order chi connectivity index (χ0) is 16.3. The quantitative estimate of drug-likeness (QED) is 0.717. The van der Waals surface area contributed by atoms with E-state index in [1.807, 2.05) is 19.1 Å². The van der Waals surface area contributed by atoms with Gasteiger partial charge in [0, 0.05) is 36.6 Å². The maximum absolute atomic E-state index is 13.2. The minimum Gasteiger partial charge on any atom is -0.365 e. The Morgan fingerprint density at radius 2 is 1.83 bits per heavy atom. The van der Waals surface area contributed by atoms with E-state index in [4.69, 9.17) is 0 Å². The first-order chi connectivity index (χ1) is 11.7. The van der Waals surface area contributed by atoms with E-state index in [2.05, 4.69) is 29.6 Å². The van der Waals surface area contributed by atoms with Crippen LogP contribution in [0.15, 0.2) is 30.3 Å². The van der Waals surface area contributed by atoms with Gasteiger partial charge in [-0.25, -0.2) is 9.37 Å². The molecule has 7 heteroatoms. The average Bonchev–Trinajstić information content (AvgIpc) is 3.29. The third-order valence-electron chi connectivity index (χ3n) is 5.05. The third-order valence-corrected chi connectivity index (χ3v) is 5.57. The molecule has 2 aliphatic heterocycles. The van der Waals surface area contributed by atoms with E-state index < -0.39 is 0 Å². The van der Waals surface area contributed by atoms with Gasteiger partial charge in [-0.15, -0.1) is 0 Å². The molecule has 2 saturated heterocycles. The van der Waals surface area contributed by atoms with E-state index in [1.165, 1.54) is 23.9 Å². The highest BCUT2D eigenvalue weighted by Crippen LogP contribution is 2.39. The molecule has 2 aromatic heterocycles. The van der Waals surface area contributed by atoms with Crippen molar-refractivity contribution >= 4 is 34.3 Å². The van der Waals surface area contributed by atoms with E-state index in [9.17, 15) is 4.39 Å². The summed E-state index contributed by atoms with van der Waals surface area (Å²) in [5.41, 5.74) is 4.88. The molecule has 0 amide bonds. The Kier molecular flexibility index (Phi) is 3.00. The van der Waals surface area contributed by atoms with E-state index in [-0.39, 0.29) is 5.82 Å². The van der Waals surface area contributed by atoms with Crippen LogP contribution in [-0.2, 0) is 0 Å². The second-order valence-electron chi connectivity index (χ2n) is 6.54. The van der Waals surface area contributed by atoms with Crippen LogP contribution >= 0.6 is 11.7 Å². The van der Waals surface area contributed by atoms with Crippen molar-refractivity contribution in [2.45, 2.75) is 25.4 Å². The number of halogens is 1. The van der Waals surface area contributed by atoms with Crippen molar-refractivity contribution < 1.29 is 4.39 Å². The Morgan fingerprint density at radius 3 is 2.58 bits per heavy atom. The first-order valence-electron chi connectivity index (χ1n) is 8.08. The van der Waals surface area contributed by atoms with Gasteiger partial charge < -0.3 is 9.80 Å². The smallest absolute Gasteiger partial charge is 0.195 e. The van der Waals surface area contributed by atoms with Crippen molar-refractivity contribution in [1.29, 1.82) is 0 Å². The molecule has 0 saturated carbocycles. The molecule has 5 nitrogen and oxygen atoms in total. The summed E-state index contributed by atoms with van der Waals surface area (Å²) in [5.74, 6) is -0.185. The maximum Gasteiger partial charge on any atom is 0.195 e. The van der Waals surface area contributed by atoms with Crippen molar-refractivity contribution in [2.24, 2.45) is 0 Å². The highest BCUT2D eigenvalue weighted by molar-refractivity contribution is 7.00. The molecule has 1 aromatic carbocycles. The fourth-order valence-corrected chi connectivity index (χ4v) is 4.52. The summed E-state index contributed by atoms with van der Waals surface area (Å²) in [6, 6.07) is 9.85. The van der Waals surface area contributed by atoms with E-state index in [1.54, 1.807) is 0 Å². The fourth-order valence-electron chi connectivity index (χ4n) is 4.01. The van der Waals surface area contributed by atoms with Gasteiger partial charge in [-0.1, -0.05) is 0 Å². The van der Waals surface area contributed by atoms with Crippen molar-refractivity contribution in [2.75, 3.05) is 22.9 Å². The first-order valence-corrected chi connectivity index (χ1v) is 8.81. The molecule has 0 N–H and O–H groups in total. The number of benzene rings is 1. The number of aryl methyl sites for hydroxylation is 1. The summed E-state index contributed by atoms with van der Waals surface area (Å²) in [5, 5.41) is 0. The number of rotatable bonds is 2. The molecule has 24 heavy (non-hydrogen) atoms. The maximum atomic E-state index is 13.2. The Bertz CT molecular complexity index is 909. The average molecular weight is 341 g/mol. The molecule has 122 valence electrons. The van der Waals surface area contributed by atoms with Crippen LogP contribution in [0, 0.1) is 12.7 Å². The van der Waals surface area contributed by atoms with E-state index in [0.717, 1.165) is 47.7 Å². The zero-order valence-electron chi connectivity index (χ0n) is 13.2. The Morgan fingerprint density at radius 1 is 1.08 bits per heavy atom. The molecule has 0 unspecified atom stereocenters. The molecular formula is C17H16FN5S. The number of anilines is 2. The van der Waals surface area contributed by atoms with Crippen LogP contribution in [0.25, 0.3) is 11.2 Å². The number of pyridine rings is 1. The van der Waals surface area contributed by atoms with Gasteiger partial charge in [-0.3, -0.25) is 0 Å². The van der Waals surface area contributed by atoms with Gasteiger partial charge in [-0.2, -0.15) is 8.75 Å². The topological polar surface area (TPSA) is 45.2 Å². The number of aromatic nitrogens is 3. The van der Waals surface area contributed by atoms with Crippen LogP contribution in [0.3, 0.4) is 0 Å². The van der Waals surface area contributed by atoms with Gasteiger partial charge >= 0.3 is 0 Å². The van der Waals surface area contributed by atoms with Gasteiger partial charge in [0.15, 0.2) is 5.65 Å². The highest BCUT2D eigenvalue weighted by Gasteiger charge is 2.44. The molecule has 2 bridgehead atoms. The summed E-state index contributed by atoms with van der Waals surface area (Å²) in [6.07, 6.45) is 1.12. The van der Waals surface area contributed by atoms with Crippen LogP contribution in [0.2, 0.25) is 0 Å². The van der Waals surface area contributed by atoms with Crippen LogP contribution in [0.1, 0.15) is 12.1 Å². The Labute approximate surface area is 143 Å². The number of piperazine rings is 1. The molecule has 2 fully saturated rings. The molecular weight excluding hydrogens is 325 g/mol. The Balaban J connectivity index is 1.46. The van der Waals surface area contributed by atoms with Crippen molar-refractivity contribution in [1.82, 2.24) is 13.7 Å². The SMILES string of the molecule is Cc1cc(N2C[C@@H]3C[C@@H]2CN3c2ccc(F)cc2)c2nsnc2n1. The molecule has 2 atom stereocenters. The lowest BCUT2D eigenvalue weighted by atomic mass is 10.2. The third kappa shape index (κ3) is 2.07. The highest BCUT2D eigenvalue weighted by atomic mass is 32.1. The first kappa shape index (κ1) is 14.1. The minimum atomic E-state index is -0.185. The predicted octanol–water partition coefficient (Wildman–Crippen LogP) is 3.00. The Hall–Kier alpha value is -2.28. The summed E-state index contributed by atoms with van der Waals surface area (Å²) in [6.45, 7) is 3.91. The lowest BCUT2D eigenvalue weighted by Gasteiger charge is -2.37. The number of hydrogen-bond acceptors (Lipinski definition) is 6. The lowest BCUT2D eigenvalue weighted by molar-refractivity contribution is 0.624. The monoisotopic (exact) mass is 341 g/mol. The van der Waals surface area contributed by atoms with Crippen LogP contribution in [-0.4, -0.2) is 38.9 Å². The summed E-state index contributed by atoms with van der Waals surface area (Å²) in [4.78, 5) is 9.31. The van der Waals surface area contributed by atoms with Crippen LogP contribution in [0.5, 0.6) is 0 Å². The summed E-state index contributed by atoms with van der Waals surface area (Å²) < 4.78 is 21.9. The number of fused-ring (bicyclic) bond motifs is 3. The van der Waals surface area contributed by atoms with Crippen molar-refractivity contribution in [3.05, 3.63) is 41.8 Å². The van der Waals surface area contributed by atoms with Crippen LogP contribution < -0.4 is 9.80 Å². The molecule has 3 aromatic rings. The predicted molar refractivity (Wildman–Crippen MR) is 93.2 cm³/mol. The number of hydrogen-bond donors (Lipinski definition) is 0. The molecule has 0 aliphatic carbocycles. The summed E-state index contributed by atoms with van der Waals surface area (Å²) >= 11 is 1.22. The van der Waals surface area contributed by atoms with E-state index in [0.29, 0.717) is 12.1 Å². The van der Waals surface area contributed by atoms with Gasteiger partial charge in [0.05, 0.1) is 17.4 Å². The van der Waals surface area contributed by atoms with Gasteiger partial charge in [0.25, 0.3) is 0 Å². The van der Waals surface area contributed by atoms with Gasteiger partial charge in [0.1, 0.15) is 11.3 Å². The van der Waals surface area contributed by atoms with Gasteiger partial charge in [0.2, 0.25) is 0 Å². The van der Waals surface area contributed by atoms with Crippen molar-refractivity contribution in [3.63, 3.8) is 0 Å². The largest absolute Gasteiger partial charge is 0.365 e. The normalized spacial score (nSPS) is 22.8. The fraction of sp³-hybridized carbons (Fsp3) is 0.353. The van der Waals surface area contributed by atoms with Crippen LogP contribution in [0.4, 0.5) is 15.8 Å². The zero-order valence-corrected chi connectivity index (χ0v) is 14.0. The van der Waals surface area contributed by atoms with Gasteiger partial charge in [-0.05, 0) is 43.7 Å². The second-order valence-corrected chi connectivity index (χ2v) is 7.07. The molecule has 0 spiro atoms. The number of nitrogens with zero attached hydrogens (tertiary/aromatic N) is 5.